The molecule has 0 aromatic heterocycles. The molecule has 2 aliphatic rings. The first-order valence-corrected chi connectivity index (χ1v) is 12.0. The quantitative estimate of drug-likeness (QED) is 0.453. The minimum absolute atomic E-state index is 0.0465. The van der Waals surface area contributed by atoms with Crippen LogP contribution >= 0.6 is 12.2 Å². The highest BCUT2D eigenvalue weighted by molar-refractivity contribution is 7.80. The van der Waals surface area contributed by atoms with Crippen molar-refractivity contribution in [1.29, 1.82) is 0 Å². The molecule has 2 saturated heterocycles. The van der Waals surface area contributed by atoms with Gasteiger partial charge in [0.15, 0.2) is 5.11 Å². The number of ether oxygens (including phenoxy) is 3. The summed E-state index contributed by atoms with van der Waals surface area (Å²) in [5.74, 6) is 1.39. The average molecular weight is 481 g/mol. The number of nitrogens with one attached hydrogen (secondary N) is 1. The van der Waals surface area contributed by atoms with Crippen molar-refractivity contribution in [3.05, 3.63) is 64.9 Å². The SMILES string of the molecule is COc1ccc(/C=C2/NC(=S)N(CC3CCCO3)C2=O)cc1COc1ccc(C(C)(C)C)cc1. The van der Waals surface area contributed by atoms with Gasteiger partial charge in [0.1, 0.15) is 23.8 Å². The molecule has 7 heteroatoms. The summed E-state index contributed by atoms with van der Waals surface area (Å²) in [4.78, 5) is 14.5. The van der Waals surface area contributed by atoms with Crippen molar-refractivity contribution in [3.8, 4) is 11.5 Å². The van der Waals surface area contributed by atoms with Crippen LogP contribution in [0.15, 0.2) is 48.2 Å². The molecule has 0 bridgehead atoms. The molecule has 1 N–H and O–H groups in total. The van der Waals surface area contributed by atoms with Gasteiger partial charge in [0.25, 0.3) is 5.91 Å². The fraction of sp³-hybridized carbons (Fsp3) is 0.407. The molecule has 0 saturated carbocycles. The van der Waals surface area contributed by atoms with Crippen LogP contribution in [0.25, 0.3) is 6.08 Å². The van der Waals surface area contributed by atoms with E-state index in [1.165, 1.54) is 5.56 Å². The van der Waals surface area contributed by atoms with Crippen molar-refractivity contribution >= 4 is 29.3 Å². The number of benzene rings is 2. The third-order valence-electron chi connectivity index (χ3n) is 6.10. The first kappa shape index (κ1) is 24.2. The Bertz CT molecular complexity index is 1080. The van der Waals surface area contributed by atoms with Gasteiger partial charge in [0.2, 0.25) is 0 Å². The predicted octanol–water partition coefficient (Wildman–Crippen LogP) is 4.81. The van der Waals surface area contributed by atoms with E-state index in [0.29, 0.717) is 24.0 Å². The second-order valence-electron chi connectivity index (χ2n) is 9.67. The summed E-state index contributed by atoms with van der Waals surface area (Å²) in [5.41, 5.74) is 3.56. The number of carbonyl (C=O) groups excluding carboxylic acids is 1. The predicted molar refractivity (Wildman–Crippen MR) is 137 cm³/mol. The summed E-state index contributed by atoms with van der Waals surface area (Å²) < 4.78 is 17.2. The zero-order valence-corrected chi connectivity index (χ0v) is 21.0. The molecule has 1 unspecified atom stereocenters. The molecule has 0 spiro atoms. The Labute approximate surface area is 206 Å². The topological polar surface area (TPSA) is 60.0 Å². The Morgan fingerprint density at radius 2 is 1.97 bits per heavy atom. The van der Waals surface area contributed by atoms with Crippen molar-refractivity contribution in [2.45, 2.75) is 51.7 Å². The zero-order chi connectivity index (χ0) is 24.3. The summed E-state index contributed by atoms with van der Waals surface area (Å²) in [6.45, 7) is 8.13. The fourth-order valence-electron chi connectivity index (χ4n) is 4.11. The molecule has 2 aromatic carbocycles. The Hall–Kier alpha value is -2.90. The lowest BCUT2D eigenvalue weighted by molar-refractivity contribution is -0.123. The van der Waals surface area contributed by atoms with Crippen LogP contribution in [0.4, 0.5) is 0 Å². The maximum atomic E-state index is 12.9. The lowest BCUT2D eigenvalue weighted by atomic mass is 9.87. The highest BCUT2D eigenvalue weighted by Crippen LogP contribution is 2.27. The van der Waals surface area contributed by atoms with Gasteiger partial charge in [-0.15, -0.1) is 0 Å². The lowest BCUT2D eigenvalue weighted by Gasteiger charge is -2.19. The van der Waals surface area contributed by atoms with E-state index in [4.69, 9.17) is 26.4 Å². The van der Waals surface area contributed by atoms with Crippen molar-refractivity contribution in [2.75, 3.05) is 20.3 Å². The second kappa shape index (κ2) is 10.2. The molecule has 0 radical (unpaired) electrons. The van der Waals surface area contributed by atoms with Crippen LogP contribution in [-0.4, -0.2) is 42.3 Å². The van der Waals surface area contributed by atoms with E-state index < -0.39 is 0 Å². The van der Waals surface area contributed by atoms with Gasteiger partial charge in [0, 0.05) is 12.2 Å². The van der Waals surface area contributed by atoms with Gasteiger partial charge in [-0.2, -0.15) is 0 Å². The third-order valence-corrected chi connectivity index (χ3v) is 6.43. The third kappa shape index (κ3) is 5.59. The Kier molecular flexibility index (Phi) is 7.24. The fourth-order valence-corrected chi connectivity index (χ4v) is 4.38. The first-order valence-electron chi connectivity index (χ1n) is 11.6. The molecule has 2 aromatic rings. The molecule has 6 nitrogen and oxygen atoms in total. The monoisotopic (exact) mass is 480 g/mol. The maximum absolute atomic E-state index is 12.9. The highest BCUT2D eigenvalue weighted by Gasteiger charge is 2.33. The van der Waals surface area contributed by atoms with Crippen LogP contribution in [0, 0.1) is 0 Å². The van der Waals surface area contributed by atoms with Gasteiger partial charge >= 0.3 is 0 Å². The molecule has 1 atom stereocenters. The largest absolute Gasteiger partial charge is 0.496 e. The molecule has 1 amide bonds. The summed E-state index contributed by atoms with van der Waals surface area (Å²) in [6.07, 6.45) is 3.83. The standard InChI is InChI=1S/C27H32N2O4S/c1-27(2,3)20-8-10-21(11-9-20)33-17-19-14-18(7-12-24(19)31-4)15-23-25(30)29(26(34)28-23)16-22-6-5-13-32-22/h7-12,14-15,22H,5-6,13,16-17H2,1-4H3,(H,28,34)/b23-15+. The van der Waals surface area contributed by atoms with Gasteiger partial charge < -0.3 is 19.5 Å². The molecule has 2 aliphatic heterocycles. The Balaban J connectivity index is 1.47. The summed E-state index contributed by atoms with van der Waals surface area (Å²) in [6, 6.07) is 13.9. The van der Waals surface area contributed by atoms with Crippen LogP contribution in [0.5, 0.6) is 11.5 Å². The smallest absolute Gasteiger partial charge is 0.276 e. The van der Waals surface area contributed by atoms with Crippen molar-refractivity contribution in [3.63, 3.8) is 0 Å². The van der Waals surface area contributed by atoms with E-state index in [-0.39, 0.29) is 17.4 Å². The number of hydrogen-bond donors (Lipinski definition) is 1. The van der Waals surface area contributed by atoms with Crippen molar-refractivity contribution < 1.29 is 19.0 Å². The zero-order valence-electron chi connectivity index (χ0n) is 20.2. The number of hydrogen-bond acceptors (Lipinski definition) is 5. The Morgan fingerprint density at radius 1 is 1.21 bits per heavy atom. The van der Waals surface area contributed by atoms with Crippen LogP contribution in [-0.2, 0) is 21.6 Å². The summed E-state index contributed by atoms with van der Waals surface area (Å²) in [5, 5.41) is 3.47. The molecule has 4 rings (SSSR count). The molecule has 34 heavy (non-hydrogen) atoms. The molecular formula is C27H32N2O4S. The average Bonchev–Trinajstić information content (AvgIpc) is 3.42. The lowest BCUT2D eigenvalue weighted by Crippen LogP contribution is -2.37. The van der Waals surface area contributed by atoms with Crippen LogP contribution in [0.3, 0.4) is 0 Å². The highest BCUT2D eigenvalue weighted by atomic mass is 32.1. The first-order chi connectivity index (χ1) is 16.2. The second-order valence-corrected chi connectivity index (χ2v) is 10.1. The Morgan fingerprint density at radius 3 is 2.62 bits per heavy atom. The number of methoxy groups -OCH3 is 1. The minimum atomic E-state index is -0.131. The number of rotatable bonds is 7. The van der Waals surface area contributed by atoms with Crippen LogP contribution in [0.1, 0.15) is 50.3 Å². The van der Waals surface area contributed by atoms with Crippen molar-refractivity contribution in [2.24, 2.45) is 0 Å². The molecule has 0 aliphatic carbocycles. The van der Waals surface area contributed by atoms with Crippen molar-refractivity contribution in [1.82, 2.24) is 10.2 Å². The van der Waals surface area contributed by atoms with Crippen LogP contribution in [0.2, 0.25) is 0 Å². The van der Waals surface area contributed by atoms with E-state index in [1.807, 2.05) is 36.4 Å². The van der Waals surface area contributed by atoms with Gasteiger partial charge in [0.05, 0.1) is 19.8 Å². The molecule has 2 heterocycles. The van der Waals surface area contributed by atoms with E-state index in [2.05, 4.69) is 38.2 Å². The normalized spacial score (nSPS) is 19.6. The number of thiocarbonyl (C=S) groups is 1. The number of amides is 1. The summed E-state index contributed by atoms with van der Waals surface area (Å²) in [7, 11) is 1.64. The van der Waals surface area contributed by atoms with Crippen LogP contribution < -0.4 is 14.8 Å². The van der Waals surface area contributed by atoms with E-state index in [1.54, 1.807) is 12.0 Å². The molecule has 180 valence electrons. The van der Waals surface area contributed by atoms with Gasteiger partial charge in [-0.3, -0.25) is 9.69 Å². The number of nitrogens with zero attached hydrogens (tertiary/aromatic N) is 1. The van der Waals surface area contributed by atoms with E-state index >= 15 is 0 Å². The van der Waals surface area contributed by atoms with Gasteiger partial charge in [-0.25, -0.2) is 0 Å². The molecule has 2 fully saturated rings. The van der Waals surface area contributed by atoms with E-state index in [0.717, 1.165) is 42.1 Å². The van der Waals surface area contributed by atoms with Gasteiger partial charge in [-0.1, -0.05) is 39.0 Å². The minimum Gasteiger partial charge on any atom is -0.496 e. The molecular weight excluding hydrogens is 448 g/mol. The number of carbonyl (C=O) groups is 1. The summed E-state index contributed by atoms with van der Waals surface area (Å²) >= 11 is 5.40. The van der Waals surface area contributed by atoms with Gasteiger partial charge in [-0.05, 0) is 71.9 Å². The van der Waals surface area contributed by atoms with E-state index in [9.17, 15) is 4.79 Å². The maximum Gasteiger partial charge on any atom is 0.276 e.